The van der Waals surface area contributed by atoms with Gasteiger partial charge >= 0.3 is 0 Å². The summed E-state index contributed by atoms with van der Waals surface area (Å²) in [5.74, 6) is 6.88. The maximum absolute atomic E-state index is 11.4. The second kappa shape index (κ2) is 5.53. The van der Waals surface area contributed by atoms with E-state index in [9.17, 15) is 4.79 Å². The molecule has 18 heavy (non-hydrogen) atoms. The van der Waals surface area contributed by atoms with Gasteiger partial charge in [0.2, 0.25) is 5.91 Å². The predicted octanol–water partition coefficient (Wildman–Crippen LogP) is 2.37. The smallest absolute Gasteiger partial charge is 0.222 e. The van der Waals surface area contributed by atoms with Gasteiger partial charge in [0.05, 0.1) is 5.92 Å². The van der Waals surface area contributed by atoms with Crippen LogP contribution >= 0.6 is 15.9 Å². The molecule has 1 saturated heterocycles. The van der Waals surface area contributed by atoms with Crippen molar-refractivity contribution in [3.8, 4) is 11.8 Å². The molecule has 1 aromatic rings. The number of pyridine rings is 1. The minimum atomic E-state index is 0.216. The average Bonchev–Trinajstić information content (AvgIpc) is 2.31. The lowest BCUT2D eigenvalue weighted by Gasteiger charge is -2.36. The topological polar surface area (TPSA) is 33.2 Å². The highest BCUT2D eigenvalue weighted by molar-refractivity contribution is 9.10. The summed E-state index contributed by atoms with van der Waals surface area (Å²) in [7, 11) is 0. The highest BCUT2D eigenvalue weighted by atomic mass is 79.9. The zero-order valence-corrected chi connectivity index (χ0v) is 12.1. The number of halogens is 1. The van der Waals surface area contributed by atoms with Crippen LogP contribution in [0.3, 0.4) is 0 Å². The van der Waals surface area contributed by atoms with E-state index in [0.717, 1.165) is 28.7 Å². The van der Waals surface area contributed by atoms with Crippen LogP contribution < -0.4 is 0 Å². The van der Waals surface area contributed by atoms with Gasteiger partial charge in [0.1, 0.15) is 0 Å². The third kappa shape index (κ3) is 2.73. The van der Waals surface area contributed by atoms with E-state index in [1.807, 2.05) is 18.7 Å². The molecule has 3 nitrogen and oxygen atoms in total. The predicted molar refractivity (Wildman–Crippen MR) is 73.9 cm³/mol. The Bertz CT molecular complexity index is 524. The largest absolute Gasteiger partial charge is 0.340 e. The fraction of sp³-hybridized carbons (Fsp3) is 0.429. The van der Waals surface area contributed by atoms with E-state index in [4.69, 9.17) is 0 Å². The normalized spacial score (nSPS) is 14.7. The van der Waals surface area contributed by atoms with Gasteiger partial charge in [-0.25, -0.2) is 0 Å². The van der Waals surface area contributed by atoms with Gasteiger partial charge in [-0.05, 0) is 28.4 Å². The Kier molecular flexibility index (Phi) is 4.03. The molecule has 1 aromatic heterocycles. The Morgan fingerprint density at radius 1 is 1.56 bits per heavy atom. The number of aromatic nitrogens is 1. The summed E-state index contributed by atoms with van der Waals surface area (Å²) in [6.45, 7) is 5.43. The molecule has 0 N–H and O–H groups in total. The molecule has 0 aliphatic carbocycles. The Morgan fingerprint density at radius 2 is 2.28 bits per heavy atom. The molecule has 2 rings (SSSR count). The van der Waals surface area contributed by atoms with Crippen molar-refractivity contribution in [3.05, 3.63) is 28.0 Å². The molecule has 1 aliphatic rings. The van der Waals surface area contributed by atoms with Crippen LogP contribution in [0.5, 0.6) is 0 Å². The van der Waals surface area contributed by atoms with Crippen LogP contribution in [-0.2, 0) is 4.79 Å². The molecule has 0 spiro atoms. The van der Waals surface area contributed by atoms with Crippen LogP contribution in [0.4, 0.5) is 0 Å². The summed E-state index contributed by atoms with van der Waals surface area (Å²) in [6.07, 6.45) is 4.13. The maximum Gasteiger partial charge on any atom is 0.222 e. The van der Waals surface area contributed by atoms with Crippen molar-refractivity contribution in [1.82, 2.24) is 9.88 Å². The van der Waals surface area contributed by atoms with E-state index >= 15 is 0 Å². The van der Waals surface area contributed by atoms with E-state index in [0.29, 0.717) is 12.3 Å². The van der Waals surface area contributed by atoms with Gasteiger partial charge in [-0.15, -0.1) is 0 Å². The lowest BCUT2D eigenvalue weighted by Crippen LogP contribution is -2.49. The van der Waals surface area contributed by atoms with Crippen molar-refractivity contribution in [3.63, 3.8) is 0 Å². The third-order valence-electron chi connectivity index (χ3n) is 3.10. The molecule has 1 amide bonds. The first-order valence-corrected chi connectivity index (χ1v) is 6.80. The molecule has 0 saturated carbocycles. The van der Waals surface area contributed by atoms with Crippen molar-refractivity contribution in [2.75, 3.05) is 13.1 Å². The molecule has 1 fully saturated rings. The monoisotopic (exact) mass is 306 g/mol. The first-order chi connectivity index (χ1) is 8.61. The van der Waals surface area contributed by atoms with Gasteiger partial charge in [-0.1, -0.05) is 18.8 Å². The van der Waals surface area contributed by atoms with Crippen LogP contribution in [0, 0.1) is 24.7 Å². The number of carbonyl (C=O) groups is 1. The third-order valence-corrected chi connectivity index (χ3v) is 3.90. The summed E-state index contributed by atoms with van der Waals surface area (Å²) < 4.78 is 0.977. The Balaban J connectivity index is 1.99. The standard InChI is InChI=1S/C14H15BrN2O/c1-3-14(18)17-8-11(9-17)4-5-12-6-16-7-13(15)10(12)2/h6-7,11H,3,8-9H2,1-2H3. The Hall–Kier alpha value is -1.34. The van der Waals surface area contributed by atoms with Gasteiger partial charge in [0, 0.05) is 41.9 Å². The number of likely N-dealkylation sites (tertiary alicyclic amines) is 1. The van der Waals surface area contributed by atoms with Crippen LogP contribution in [0.1, 0.15) is 24.5 Å². The highest BCUT2D eigenvalue weighted by Crippen LogP contribution is 2.18. The summed E-state index contributed by atoms with van der Waals surface area (Å²) in [5.41, 5.74) is 2.06. The number of amides is 1. The maximum atomic E-state index is 11.4. The summed E-state index contributed by atoms with van der Waals surface area (Å²) >= 11 is 3.44. The van der Waals surface area contributed by atoms with Gasteiger partial charge in [-0.3, -0.25) is 9.78 Å². The van der Waals surface area contributed by atoms with Crippen molar-refractivity contribution in [2.45, 2.75) is 20.3 Å². The summed E-state index contributed by atoms with van der Waals surface area (Å²) in [5, 5.41) is 0. The van der Waals surface area contributed by atoms with Gasteiger partial charge < -0.3 is 4.90 Å². The summed E-state index contributed by atoms with van der Waals surface area (Å²) in [4.78, 5) is 17.3. The molecule has 4 heteroatoms. The van der Waals surface area contributed by atoms with E-state index in [2.05, 4.69) is 32.8 Å². The minimum absolute atomic E-state index is 0.216. The number of carbonyl (C=O) groups excluding carboxylic acids is 1. The van der Waals surface area contributed by atoms with E-state index < -0.39 is 0 Å². The fourth-order valence-corrected chi connectivity index (χ4v) is 2.13. The molecule has 1 aliphatic heterocycles. The fourth-order valence-electron chi connectivity index (χ4n) is 1.80. The lowest BCUT2D eigenvalue weighted by atomic mass is 9.99. The molecule has 0 bridgehead atoms. The molecular weight excluding hydrogens is 292 g/mol. The van der Waals surface area contributed by atoms with Crippen molar-refractivity contribution in [1.29, 1.82) is 0 Å². The summed E-state index contributed by atoms with van der Waals surface area (Å²) in [6, 6.07) is 0. The molecule has 2 heterocycles. The highest BCUT2D eigenvalue weighted by Gasteiger charge is 2.27. The van der Waals surface area contributed by atoms with Crippen LogP contribution in [0.15, 0.2) is 16.9 Å². The van der Waals surface area contributed by atoms with E-state index in [-0.39, 0.29) is 5.91 Å². The first-order valence-electron chi connectivity index (χ1n) is 6.01. The minimum Gasteiger partial charge on any atom is -0.340 e. The van der Waals surface area contributed by atoms with Crippen molar-refractivity contribution >= 4 is 21.8 Å². The van der Waals surface area contributed by atoms with Crippen molar-refractivity contribution in [2.24, 2.45) is 5.92 Å². The van der Waals surface area contributed by atoms with E-state index in [1.54, 1.807) is 12.4 Å². The molecule has 0 radical (unpaired) electrons. The van der Waals surface area contributed by atoms with Crippen LogP contribution in [0.25, 0.3) is 0 Å². The number of nitrogens with zero attached hydrogens (tertiary/aromatic N) is 2. The molecule has 0 aromatic carbocycles. The Labute approximate surface area is 116 Å². The van der Waals surface area contributed by atoms with Gasteiger partial charge in [-0.2, -0.15) is 0 Å². The molecule has 0 atom stereocenters. The lowest BCUT2D eigenvalue weighted by molar-refractivity contribution is -0.135. The quantitative estimate of drug-likeness (QED) is 0.746. The number of hydrogen-bond acceptors (Lipinski definition) is 2. The number of hydrogen-bond donors (Lipinski definition) is 0. The zero-order valence-electron chi connectivity index (χ0n) is 10.5. The Morgan fingerprint density at radius 3 is 2.94 bits per heavy atom. The van der Waals surface area contributed by atoms with Crippen LogP contribution in [-0.4, -0.2) is 28.9 Å². The molecule has 94 valence electrons. The first kappa shape index (κ1) is 13.1. The second-order valence-electron chi connectivity index (χ2n) is 4.41. The van der Waals surface area contributed by atoms with Gasteiger partial charge in [0.25, 0.3) is 0 Å². The molecular formula is C14H15BrN2O. The SMILES string of the molecule is CCC(=O)N1CC(C#Cc2cncc(Br)c2C)C1. The second-order valence-corrected chi connectivity index (χ2v) is 5.27. The van der Waals surface area contributed by atoms with E-state index in [1.165, 1.54) is 0 Å². The molecule has 0 unspecified atom stereocenters. The zero-order chi connectivity index (χ0) is 13.1. The average molecular weight is 307 g/mol. The number of rotatable bonds is 1. The van der Waals surface area contributed by atoms with Crippen LogP contribution in [0.2, 0.25) is 0 Å². The van der Waals surface area contributed by atoms with Crippen molar-refractivity contribution < 1.29 is 4.79 Å². The van der Waals surface area contributed by atoms with Gasteiger partial charge in [0.15, 0.2) is 0 Å².